The topological polar surface area (TPSA) is 28.4 Å². The number of rotatable bonds is 6. The lowest BCUT2D eigenvalue weighted by atomic mass is 10.3. The van der Waals surface area contributed by atoms with Crippen LogP contribution in [0.4, 0.5) is 0 Å². The van der Waals surface area contributed by atoms with Crippen molar-refractivity contribution in [2.24, 2.45) is 0 Å². The Kier molecular flexibility index (Phi) is 4.36. The van der Waals surface area contributed by atoms with E-state index in [4.69, 9.17) is 4.42 Å². The monoisotopic (exact) mass is 250 g/mol. The van der Waals surface area contributed by atoms with Gasteiger partial charge in [-0.2, -0.15) is 0 Å². The Morgan fingerprint density at radius 2 is 2.06 bits per heavy atom. The van der Waals surface area contributed by atoms with Crippen LogP contribution in [0.25, 0.3) is 0 Å². The number of nitrogens with zero attached hydrogens (tertiary/aromatic N) is 1. The molecular weight excluding hydrogens is 232 g/mol. The second kappa shape index (κ2) is 6.00. The van der Waals surface area contributed by atoms with Crippen molar-refractivity contribution in [2.75, 3.05) is 14.1 Å². The van der Waals surface area contributed by atoms with Crippen LogP contribution in [-0.4, -0.2) is 19.0 Å². The van der Waals surface area contributed by atoms with Gasteiger partial charge in [0.05, 0.1) is 12.8 Å². The fourth-order valence-corrected chi connectivity index (χ4v) is 2.88. The maximum Gasteiger partial charge on any atom is 0.117 e. The Hall–Kier alpha value is -1.10. The van der Waals surface area contributed by atoms with E-state index < -0.39 is 0 Å². The Morgan fingerprint density at radius 3 is 2.76 bits per heavy atom. The van der Waals surface area contributed by atoms with E-state index in [-0.39, 0.29) is 0 Å². The van der Waals surface area contributed by atoms with Gasteiger partial charge in [0.1, 0.15) is 5.76 Å². The van der Waals surface area contributed by atoms with Crippen LogP contribution in [0.15, 0.2) is 34.9 Å². The third kappa shape index (κ3) is 3.70. The van der Waals surface area contributed by atoms with Crippen LogP contribution in [0, 0.1) is 0 Å². The largest absolute Gasteiger partial charge is 0.468 e. The van der Waals surface area contributed by atoms with Crippen LogP contribution in [0.3, 0.4) is 0 Å². The second-order valence-electron chi connectivity index (χ2n) is 4.15. The minimum absolute atomic E-state index is 0.853. The first-order valence-electron chi connectivity index (χ1n) is 5.71. The third-order valence-corrected chi connectivity index (χ3v) is 3.57. The highest BCUT2D eigenvalue weighted by Gasteiger charge is 2.05. The molecular formula is C13H18N2OS. The molecule has 0 aliphatic rings. The molecule has 2 heterocycles. The lowest BCUT2D eigenvalue weighted by Gasteiger charge is -2.13. The molecule has 3 nitrogen and oxygen atoms in total. The lowest BCUT2D eigenvalue weighted by molar-refractivity contribution is 0.290. The average Bonchev–Trinajstić information content (AvgIpc) is 2.91. The van der Waals surface area contributed by atoms with Gasteiger partial charge in [-0.05, 0) is 38.4 Å². The van der Waals surface area contributed by atoms with Crippen molar-refractivity contribution < 1.29 is 4.42 Å². The molecule has 92 valence electrons. The van der Waals surface area contributed by atoms with Crippen LogP contribution in [-0.2, 0) is 19.6 Å². The Labute approximate surface area is 106 Å². The second-order valence-corrected chi connectivity index (χ2v) is 5.40. The Morgan fingerprint density at radius 1 is 1.24 bits per heavy atom. The summed E-state index contributed by atoms with van der Waals surface area (Å²) >= 11 is 1.86. The standard InChI is InChI=1S/C13H18N2OS/c1-14-8-12-5-6-13(17-12)10-15(2)9-11-4-3-7-16-11/h3-7,14H,8-10H2,1-2H3. The molecule has 0 aliphatic carbocycles. The molecule has 2 rings (SSSR count). The summed E-state index contributed by atoms with van der Waals surface area (Å²) in [7, 11) is 4.09. The van der Waals surface area contributed by atoms with E-state index in [1.165, 1.54) is 9.75 Å². The Balaban J connectivity index is 1.86. The van der Waals surface area contributed by atoms with Crippen molar-refractivity contribution in [2.45, 2.75) is 19.6 Å². The van der Waals surface area contributed by atoms with Crippen molar-refractivity contribution in [3.63, 3.8) is 0 Å². The summed E-state index contributed by atoms with van der Waals surface area (Å²) < 4.78 is 5.34. The fourth-order valence-electron chi connectivity index (χ4n) is 1.77. The van der Waals surface area contributed by atoms with Gasteiger partial charge in [0.25, 0.3) is 0 Å². The molecule has 2 aromatic rings. The highest BCUT2D eigenvalue weighted by atomic mass is 32.1. The SMILES string of the molecule is CNCc1ccc(CN(C)Cc2ccco2)s1. The van der Waals surface area contributed by atoms with Gasteiger partial charge >= 0.3 is 0 Å². The van der Waals surface area contributed by atoms with Crippen LogP contribution >= 0.6 is 11.3 Å². The highest BCUT2D eigenvalue weighted by molar-refractivity contribution is 7.11. The van der Waals surface area contributed by atoms with E-state index in [0.717, 1.165) is 25.4 Å². The first-order chi connectivity index (χ1) is 8.28. The van der Waals surface area contributed by atoms with Crippen molar-refractivity contribution in [1.29, 1.82) is 0 Å². The zero-order valence-electron chi connectivity index (χ0n) is 10.3. The van der Waals surface area contributed by atoms with E-state index >= 15 is 0 Å². The Bertz CT molecular complexity index is 436. The summed E-state index contributed by atoms with van der Waals surface area (Å²) in [5.41, 5.74) is 0. The molecule has 0 saturated heterocycles. The maximum absolute atomic E-state index is 5.34. The smallest absolute Gasteiger partial charge is 0.117 e. The maximum atomic E-state index is 5.34. The molecule has 0 aliphatic heterocycles. The molecule has 4 heteroatoms. The van der Waals surface area contributed by atoms with Gasteiger partial charge in [0, 0.05) is 22.8 Å². The molecule has 0 radical (unpaired) electrons. The summed E-state index contributed by atoms with van der Waals surface area (Å²) in [4.78, 5) is 5.03. The molecule has 0 aromatic carbocycles. The molecule has 1 N–H and O–H groups in total. The minimum Gasteiger partial charge on any atom is -0.468 e. The van der Waals surface area contributed by atoms with Gasteiger partial charge < -0.3 is 9.73 Å². The summed E-state index contributed by atoms with van der Waals surface area (Å²) in [5.74, 6) is 1.01. The van der Waals surface area contributed by atoms with Crippen LogP contribution in [0.1, 0.15) is 15.5 Å². The van der Waals surface area contributed by atoms with Gasteiger partial charge in [0.15, 0.2) is 0 Å². The number of nitrogens with one attached hydrogen (secondary N) is 1. The number of hydrogen-bond donors (Lipinski definition) is 1. The quantitative estimate of drug-likeness (QED) is 0.854. The molecule has 0 amide bonds. The normalized spacial score (nSPS) is 11.2. The molecule has 0 atom stereocenters. The predicted octanol–water partition coefficient (Wildman–Crippen LogP) is 2.69. The molecule has 0 unspecified atom stereocenters. The van der Waals surface area contributed by atoms with Crippen LogP contribution in [0.2, 0.25) is 0 Å². The zero-order valence-corrected chi connectivity index (χ0v) is 11.1. The van der Waals surface area contributed by atoms with Gasteiger partial charge in [-0.3, -0.25) is 4.90 Å². The highest BCUT2D eigenvalue weighted by Crippen LogP contribution is 2.18. The van der Waals surface area contributed by atoms with Crippen LogP contribution in [0.5, 0.6) is 0 Å². The summed E-state index contributed by atoms with van der Waals surface area (Å²) in [6, 6.07) is 8.34. The first-order valence-corrected chi connectivity index (χ1v) is 6.52. The van der Waals surface area contributed by atoms with Gasteiger partial charge in [-0.1, -0.05) is 0 Å². The van der Waals surface area contributed by atoms with Crippen molar-refractivity contribution in [3.8, 4) is 0 Å². The molecule has 2 aromatic heterocycles. The van der Waals surface area contributed by atoms with E-state index in [1.54, 1.807) is 6.26 Å². The summed E-state index contributed by atoms with van der Waals surface area (Å²) in [5, 5.41) is 3.17. The van der Waals surface area contributed by atoms with E-state index in [9.17, 15) is 0 Å². The van der Waals surface area contributed by atoms with Gasteiger partial charge in [-0.25, -0.2) is 0 Å². The zero-order chi connectivity index (χ0) is 12.1. The van der Waals surface area contributed by atoms with Gasteiger partial charge in [0.2, 0.25) is 0 Å². The van der Waals surface area contributed by atoms with Crippen molar-refractivity contribution in [1.82, 2.24) is 10.2 Å². The average molecular weight is 250 g/mol. The van der Waals surface area contributed by atoms with E-state index in [1.807, 2.05) is 30.5 Å². The van der Waals surface area contributed by atoms with Crippen LogP contribution < -0.4 is 5.32 Å². The molecule has 0 bridgehead atoms. The lowest BCUT2D eigenvalue weighted by Crippen LogP contribution is -2.15. The summed E-state index contributed by atoms with van der Waals surface area (Å²) in [6.07, 6.45) is 1.72. The fraction of sp³-hybridized carbons (Fsp3) is 0.385. The predicted molar refractivity (Wildman–Crippen MR) is 71.0 cm³/mol. The first kappa shape index (κ1) is 12.4. The van der Waals surface area contributed by atoms with E-state index in [0.29, 0.717) is 0 Å². The molecule has 0 fully saturated rings. The minimum atomic E-state index is 0.853. The molecule has 17 heavy (non-hydrogen) atoms. The number of thiophene rings is 1. The summed E-state index contributed by atoms with van der Waals surface area (Å²) in [6.45, 7) is 2.77. The van der Waals surface area contributed by atoms with Crippen molar-refractivity contribution in [3.05, 3.63) is 46.0 Å². The molecule has 0 saturated carbocycles. The number of hydrogen-bond acceptors (Lipinski definition) is 4. The van der Waals surface area contributed by atoms with E-state index in [2.05, 4.69) is 29.4 Å². The molecule has 0 spiro atoms. The third-order valence-electron chi connectivity index (χ3n) is 2.50. The van der Waals surface area contributed by atoms with Gasteiger partial charge in [-0.15, -0.1) is 11.3 Å². The number of furan rings is 1. The van der Waals surface area contributed by atoms with Crippen molar-refractivity contribution >= 4 is 11.3 Å².